The predicted octanol–water partition coefficient (Wildman–Crippen LogP) is 2.10. The molecule has 2 N–H and O–H groups in total. The highest BCUT2D eigenvalue weighted by molar-refractivity contribution is 7.20. The maximum Gasteiger partial charge on any atom is 0.345 e. The van der Waals surface area contributed by atoms with Gasteiger partial charge in [-0.05, 0) is 13.0 Å². The summed E-state index contributed by atoms with van der Waals surface area (Å²) in [5.41, 5.74) is 0.376. The van der Waals surface area contributed by atoms with Gasteiger partial charge in [-0.3, -0.25) is 0 Å². The molecule has 84 valence electrons. The smallest absolute Gasteiger partial charge is 0.345 e. The van der Waals surface area contributed by atoms with E-state index in [4.69, 9.17) is 9.84 Å². The maximum absolute atomic E-state index is 11.5. The van der Waals surface area contributed by atoms with E-state index in [9.17, 15) is 9.59 Å². The van der Waals surface area contributed by atoms with E-state index in [1.54, 1.807) is 6.92 Å². The average molecular weight is 239 g/mol. The van der Waals surface area contributed by atoms with Gasteiger partial charge < -0.3 is 14.8 Å². The third-order valence-electron chi connectivity index (χ3n) is 2.08. The van der Waals surface area contributed by atoms with Crippen molar-refractivity contribution in [3.05, 3.63) is 22.7 Å². The van der Waals surface area contributed by atoms with Crippen LogP contribution in [0.1, 0.15) is 27.0 Å². The van der Waals surface area contributed by atoms with Crippen molar-refractivity contribution in [1.82, 2.24) is 4.98 Å². The number of esters is 1. The Bertz CT molecular complexity index is 554. The topological polar surface area (TPSA) is 79.4 Å². The number of ether oxygens (including phenoxy) is 1. The Morgan fingerprint density at radius 1 is 1.56 bits per heavy atom. The van der Waals surface area contributed by atoms with E-state index in [1.165, 1.54) is 12.3 Å². The van der Waals surface area contributed by atoms with Gasteiger partial charge in [-0.25, -0.2) is 9.59 Å². The molecular formula is C10H9NO4S. The Labute approximate surface area is 94.7 Å². The summed E-state index contributed by atoms with van der Waals surface area (Å²) >= 11 is 1.10. The van der Waals surface area contributed by atoms with Gasteiger partial charge in [-0.2, -0.15) is 0 Å². The fourth-order valence-electron chi connectivity index (χ4n) is 1.40. The van der Waals surface area contributed by atoms with Crippen LogP contribution in [0.4, 0.5) is 0 Å². The number of carbonyl (C=O) groups excluding carboxylic acids is 1. The second-order valence-electron chi connectivity index (χ2n) is 3.08. The number of carbonyl (C=O) groups is 2. The molecule has 0 saturated carbocycles. The molecule has 0 aromatic carbocycles. The van der Waals surface area contributed by atoms with Crippen LogP contribution < -0.4 is 0 Å². The molecular weight excluding hydrogens is 230 g/mol. The van der Waals surface area contributed by atoms with Crippen LogP contribution in [-0.2, 0) is 4.74 Å². The molecule has 5 nitrogen and oxygen atoms in total. The van der Waals surface area contributed by atoms with Gasteiger partial charge >= 0.3 is 11.9 Å². The third kappa shape index (κ3) is 1.67. The molecule has 0 aliphatic heterocycles. The first-order valence-electron chi connectivity index (χ1n) is 4.64. The van der Waals surface area contributed by atoms with E-state index in [1.807, 2.05) is 0 Å². The molecule has 0 bridgehead atoms. The molecule has 2 aromatic heterocycles. The van der Waals surface area contributed by atoms with Crippen molar-refractivity contribution >= 4 is 33.5 Å². The van der Waals surface area contributed by atoms with Crippen molar-refractivity contribution < 1.29 is 19.4 Å². The number of carboxylic acids is 1. The quantitative estimate of drug-likeness (QED) is 0.804. The van der Waals surface area contributed by atoms with Crippen LogP contribution in [0.5, 0.6) is 0 Å². The van der Waals surface area contributed by atoms with Gasteiger partial charge in [0.15, 0.2) is 0 Å². The summed E-state index contributed by atoms with van der Waals surface area (Å²) in [5, 5.41) is 9.42. The minimum Gasteiger partial charge on any atom is -0.477 e. The fraction of sp³-hybridized carbons (Fsp3) is 0.200. The molecule has 0 atom stereocenters. The summed E-state index contributed by atoms with van der Waals surface area (Å²) in [6.07, 6.45) is 1.53. The number of hydrogen-bond donors (Lipinski definition) is 2. The van der Waals surface area contributed by atoms with Gasteiger partial charge in [0.25, 0.3) is 0 Å². The van der Waals surface area contributed by atoms with Gasteiger partial charge in [0.05, 0.1) is 12.2 Å². The zero-order chi connectivity index (χ0) is 11.7. The van der Waals surface area contributed by atoms with E-state index < -0.39 is 11.9 Å². The summed E-state index contributed by atoms with van der Waals surface area (Å²) in [7, 11) is 0. The number of nitrogens with one attached hydrogen (secondary N) is 1. The number of carboxylic acid groups (broad SMARTS) is 1. The van der Waals surface area contributed by atoms with Gasteiger partial charge in [0.2, 0.25) is 0 Å². The molecule has 2 heterocycles. The standard InChI is InChI=1S/C10H9NO4S/c1-2-15-10(14)6-4-11-8-5(6)3-7(16-8)9(12)13/h3-4,11H,2H2,1H3,(H,12,13). The summed E-state index contributed by atoms with van der Waals surface area (Å²) in [4.78, 5) is 26.0. The lowest BCUT2D eigenvalue weighted by molar-refractivity contribution is 0.0528. The first kappa shape index (κ1) is 10.7. The molecule has 0 aliphatic carbocycles. The van der Waals surface area contributed by atoms with Gasteiger partial charge in [0, 0.05) is 11.6 Å². The molecule has 16 heavy (non-hydrogen) atoms. The maximum atomic E-state index is 11.5. The van der Waals surface area contributed by atoms with Crippen LogP contribution in [0.2, 0.25) is 0 Å². The molecule has 0 aliphatic rings. The lowest BCUT2D eigenvalue weighted by Crippen LogP contribution is -2.03. The Kier molecular flexibility index (Phi) is 2.66. The minimum absolute atomic E-state index is 0.201. The molecule has 0 fully saturated rings. The SMILES string of the molecule is CCOC(=O)c1c[nH]c2sc(C(=O)O)cc12. The summed E-state index contributed by atoms with van der Waals surface area (Å²) < 4.78 is 4.86. The zero-order valence-electron chi connectivity index (χ0n) is 8.44. The molecule has 0 radical (unpaired) electrons. The van der Waals surface area contributed by atoms with Crippen LogP contribution in [0.25, 0.3) is 10.2 Å². The lowest BCUT2D eigenvalue weighted by atomic mass is 10.2. The van der Waals surface area contributed by atoms with E-state index in [0.29, 0.717) is 22.4 Å². The number of H-pyrrole nitrogens is 1. The first-order chi connectivity index (χ1) is 7.63. The van der Waals surface area contributed by atoms with E-state index in [2.05, 4.69) is 4.98 Å². The Morgan fingerprint density at radius 3 is 2.94 bits per heavy atom. The molecule has 0 amide bonds. The van der Waals surface area contributed by atoms with Crippen molar-refractivity contribution in [3.8, 4) is 0 Å². The Morgan fingerprint density at radius 2 is 2.31 bits per heavy atom. The van der Waals surface area contributed by atoms with Crippen LogP contribution in [-0.4, -0.2) is 28.6 Å². The lowest BCUT2D eigenvalue weighted by Gasteiger charge is -1.97. The number of fused-ring (bicyclic) bond motifs is 1. The van der Waals surface area contributed by atoms with Gasteiger partial charge in [0.1, 0.15) is 9.71 Å². The van der Waals surface area contributed by atoms with Crippen molar-refractivity contribution in [2.24, 2.45) is 0 Å². The molecule has 6 heteroatoms. The zero-order valence-corrected chi connectivity index (χ0v) is 9.26. The molecule has 2 aromatic rings. The molecule has 2 rings (SSSR count). The monoisotopic (exact) mass is 239 g/mol. The second-order valence-corrected chi connectivity index (χ2v) is 4.13. The third-order valence-corrected chi connectivity index (χ3v) is 3.13. The number of aromatic amines is 1. The largest absolute Gasteiger partial charge is 0.477 e. The number of thiophene rings is 1. The van der Waals surface area contributed by atoms with E-state index >= 15 is 0 Å². The molecule has 0 spiro atoms. The van der Waals surface area contributed by atoms with Crippen LogP contribution in [0.15, 0.2) is 12.3 Å². The fourth-order valence-corrected chi connectivity index (χ4v) is 2.28. The van der Waals surface area contributed by atoms with Gasteiger partial charge in [-0.1, -0.05) is 0 Å². The average Bonchev–Trinajstić information content (AvgIpc) is 2.75. The number of aromatic nitrogens is 1. The predicted molar refractivity (Wildman–Crippen MR) is 59.1 cm³/mol. The Hall–Kier alpha value is -1.82. The Balaban J connectivity index is 2.47. The van der Waals surface area contributed by atoms with Crippen molar-refractivity contribution in [2.45, 2.75) is 6.92 Å². The second kappa shape index (κ2) is 3.97. The summed E-state index contributed by atoms with van der Waals surface area (Å²) in [6.45, 7) is 2.01. The van der Waals surface area contributed by atoms with Gasteiger partial charge in [-0.15, -0.1) is 11.3 Å². The van der Waals surface area contributed by atoms with Crippen molar-refractivity contribution in [3.63, 3.8) is 0 Å². The highest BCUT2D eigenvalue weighted by Gasteiger charge is 2.17. The summed E-state index contributed by atoms with van der Waals surface area (Å²) in [5.74, 6) is -1.44. The van der Waals surface area contributed by atoms with Crippen LogP contribution in [0.3, 0.4) is 0 Å². The highest BCUT2D eigenvalue weighted by atomic mass is 32.1. The summed E-state index contributed by atoms with van der Waals surface area (Å²) in [6, 6.07) is 1.48. The molecule has 0 saturated heterocycles. The van der Waals surface area contributed by atoms with Crippen molar-refractivity contribution in [1.29, 1.82) is 0 Å². The normalized spacial score (nSPS) is 10.6. The number of aromatic carboxylic acids is 1. The number of rotatable bonds is 3. The first-order valence-corrected chi connectivity index (χ1v) is 5.46. The highest BCUT2D eigenvalue weighted by Crippen LogP contribution is 2.28. The van der Waals surface area contributed by atoms with E-state index in [-0.39, 0.29) is 4.88 Å². The number of hydrogen-bond acceptors (Lipinski definition) is 4. The minimum atomic E-state index is -0.996. The molecule has 0 unspecified atom stereocenters. The van der Waals surface area contributed by atoms with Crippen molar-refractivity contribution in [2.75, 3.05) is 6.61 Å². The van der Waals surface area contributed by atoms with E-state index in [0.717, 1.165) is 11.3 Å². The van der Waals surface area contributed by atoms with Crippen LogP contribution >= 0.6 is 11.3 Å². The van der Waals surface area contributed by atoms with Crippen LogP contribution in [0, 0.1) is 0 Å².